The van der Waals surface area contributed by atoms with Crippen LogP contribution < -0.4 is 9.47 Å². The molecule has 0 atom stereocenters. The van der Waals surface area contributed by atoms with Gasteiger partial charge in [0.05, 0.1) is 27.4 Å². The van der Waals surface area contributed by atoms with Gasteiger partial charge in [0.25, 0.3) is 0 Å². The first-order valence-electron chi connectivity index (χ1n) is 6.38. The van der Waals surface area contributed by atoms with E-state index in [0.29, 0.717) is 24.7 Å². The minimum atomic E-state index is -3.18. The van der Waals surface area contributed by atoms with Gasteiger partial charge in [0.15, 0.2) is 11.5 Å². The maximum Gasteiger partial charge on any atom is 0.354 e. The zero-order valence-corrected chi connectivity index (χ0v) is 13.2. The zero-order chi connectivity index (χ0) is 15.0. The van der Waals surface area contributed by atoms with Gasteiger partial charge >= 0.3 is 7.60 Å². The van der Waals surface area contributed by atoms with Gasteiger partial charge in [-0.2, -0.15) is 0 Å². The third-order valence-corrected chi connectivity index (χ3v) is 4.23. The molecule has 0 saturated carbocycles. The molecule has 0 unspecified atom stereocenters. The summed E-state index contributed by atoms with van der Waals surface area (Å²) in [5, 5.41) is 0. The lowest BCUT2D eigenvalue weighted by atomic mass is 10.2. The Hall–Kier alpha value is -1.29. The standard InChI is InChI=1S/C14H21O5P/c1-5-18-20(15,19-6-2)10-9-12-7-8-13(16-3)14(11-12)17-4/h7-11H,5-6H2,1-4H3/b10-9+. The normalized spacial score (nSPS) is 11.8. The Morgan fingerprint density at radius 3 is 2.15 bits per heavy atom. The summed E-state index contributed by atoms with van der Waals surface area (Å²) in [6, 6.07) is 5.41. The van der Waals surface area contributed by atoms with E-state index in [2.05, 4.69) is 0 Å². The highest BCUT2D eigenvalue weighted by molar-refractivity contribution is 7.57. The highest BCUT2D eigenvalue weighted by atomic mass is 31.2. The van der Waals surface area contributed by atoms with E-state index in [4.69, 9.17) is 18.5 Å². The largest absolute Gasteiger partial charge is 0.493 e. The van der Waals surface area contributed by atoms with Crippen LogP contribution in [0.3, 0.4) is 0 Å². The monoisotopic (exact) mass is 300 g/mol. The van der Waals surface area contributed by atoms with Crippen molar-refractivity contribution in [3.63, 3.8) is 0 Å². The van der Waals surface area contributed by atoms with E-state index in [0.717, 1.165) is 5.56 Å². The summed E-state index contributed by atoms with van der Waals surface area (Å²) in [5.74, 6) is 2.71. The van der Waals surface area contributed by atoms with Gasteiger partial charge in [0.1, 0.15) is 0 Å². The van der Waals surface area contributed by atoms with Crippen LogP contribution in [0.1, 0.15) is 19.4 Å². The van der Waals surface area contributed by atoms with Crippen LogP contribution in [0.2, 0.25) is 0 Å². The average Bonchev–Trinajstić information content (AvgIpc) is 2.45. The van der Waals surface area contributed by atoms with E-state index < -0.39 is 7.60 Å². The molecule has 1 aromatic carbocycles. The molecule has 0 heterocycles. The summed E-state index contributed by atoms with van der Waals surface area (Å²) in [4.78, 5) is 0. The predicted octanol–water partition coefficient (Wildman–Crippen LogP) is 3.94. The van der Waals surface area contributed by atoms with Crippen molar-refractivity contribution in [2.45, 2.75) is 13.8 Å². The molecule has 0 aliphatic carbocycles. The van der Waals surface area contributed by atoms with Crippen molar-refractivity contribution < 1.29 is 23.1 Å². The van der Waals surface area contributed by atoms with Crippen LogP contribution in [0.4, 0.5) is 0 Å². The smallest absolute Gasteiger partial charge is 0.354 e. The molecule has 112 valence electrons. The second-order valence-electron chi connectivity index (χ2n) is 3.81. The van der Waals surface area contributed by atoms with E-state index >= 15 is 0 Å². The summed E-state index contributed by atoms with van der Waals surface area (Å²) in [6.45, 7) is 4.20. The number of rotatable bonds is 8. The van der Waals surface area contributed by atoms with Crippen LogP contribution in [-0.2, 0) is 13.6 Å². The summed E-state index contributed by atoms with van der Waals surface area (Å²) >= 11 is 0. The zero-order valence-electron chi connectivity index (χ0n) is 12.3. The molecule has 0 aliphatic rings. The van der Waals surface area contributed by atoms with Gasteiger partial charge in [0, 0.05) is 5.82 Å². The van der Waals surface area contributed by atoms with Gasteiger partial charge in [-0.05, 0) is 37.6 Å². The Morgan fingerprint density at radius 2 is 1.65 bits per heavy atom. The molecule has 0 N–H and O–H groups in total. The van der Waals surface area contributed by atoms with Gasteiger partial charge in [0.2, 0.25) is 0 Å². The molecule has 0 aliphatic heterocycles. The topological polar surface area (TPSA) is 54.0 Å². The summed E-state index contributed by atoms with van der Waals surface area (Å²) in [7, 11) is -0.0385. The molecule has 0 aromatic heterocycles. The van der Waals surface area contributed by atoms with Crippen molar-refractivity contribution in [1.29, 1.82) is 0 Å². The first-order valence-corrected chi connectivity index (χ1v) is 7.99. The van der Waals surface area contributed by atoms with E-state index in [9.17, 15) is 4.57 Å². The summed E-state index contributed by atoms with van der Waals surface area (Å²) < 4.78 is 33.0. The van der Waals surface area contributed by atoms with Gasteiger partial charge < -0.3 is 18.5 Å². The quantitative estimate of drug-likeness (QED) is 0.681. The van der Waals surface area contributed by atoms with Gasteiger partial charge in [-0.15, -0.1) is 0 Å². The van der Waals surface area contributed by atoms with Crippen LogP contribution in [0, 0.1) is 0 Å². The lowest BCUT2D eigenvalue weighted by molar-refractivity contribution is 0.229. The van der Waals surface area contributed by atoms with Gasteiger partial charge in [-0.25, -0.2) is 0 Å². The van der Waals surface area contributed by atoms with Crippen LogP contribution in [-0.4, -0.2) is 27.4 Å². The third kappa shape index (κ3) is 4.67. The number of ether oxygens (including phenoxy) is 2. The molecular weight excluding hydrogens is 279 g/mol. The van der Waals surface area contributed by atoms with Crippen molar-refractivity contribution in [2.24, 2.45) is 0 Å². The van der Waals surface area contributed by atoms with Crippen molar-refractivity contribution in [1.82, 2.24) is 0 Å². The number of benzene rings is 1. The van der Waals surface area contributed by atoms with Crippen molar-refractivity contribution in [3.05, 3.63) is 29.6 Å². The number of hydrogen-bond acceptors (Lipinski definition) is 5. The highest BCUT2D eigenvalue weighted by Crippen LogP contribution is 2.50. The van der Waals surface area contributed by atoms with Crippen LogP contribution >= 0.6 is 7.60 Å². The lowest BCUT2D eigenvalue weighted by Crippen LogP contribution is -1.93. The van der Waals surface area contributed by atoms with Gasteiger partial charge in [-0.3, -0.25) is 4.57 Å². The molecule has 6 heteroatoms. The third-order valence-electron chi connectivity index (χ3n) is 2.48. The van der Waals surface area contributed by atoms with Crippen LogP contribution in [0.15, 0.2) is 24.0 Å². The fraction of sp³-hybridized carbons (Fsp3) is 0.429. The van der Waals surface area contributed by atoms with Crippen LogP contribution in [0.5, 0.6) is 11.5 Å². The Balaban J connectivity index is 2.96. The number of hydrogen-bond donors (Lipinski definition) is 0. The van der Waals surface area contributed by atoms with Crippen molar-refractivity contribution in [3.8, 4) is 11.5 Å². The molecule has 0 spiro atoms. The first kappa shape index (κ1) is 16.8. The maximum absolute atomic E-state index is 12.3. The molecule has 0 fully saturated rings. The van der Waals surface area contributed by atoms with E-state index in [-0.39, 0.29) is 0 Å². The fourth-order valence-electron chi connectivity index (χ4n) is 1.62. The van der Waals surface area contributed by atoms with Crippen LogP contribution in [0.25, 0.3) is 6.08 Å². The second kappa shape index (κ2) is 8.10. The average molecular weight is 300 g/mol. The molecule has 0 radical (unpaired) electrons. The van der Waals surface area contributed by atoms with Crippen molar-refractivity contribution in [2.75, 3.05) is 27.4 Å². The van der Waals surface area contributed by atoms with Crippen molar-refractivity contribution >= 4 is 13.7 Å². The second-order valence-corrected chi connectivity index (χ2v) is 5.70. The molecule has 1 rings (SSSR count). The lowest BCUT2D eigenvalue weighted by Gasteiger charge is -2.12. The maximum atomic E-state index is 12.3. The Morgan fingerprint density at radius 1 is 1.05 bits per heavy atom. The molecule has 5 nitrogen and oxygen atoms in total. The molecule has 0 saturated heterocycles. The highest BCUT2D eigenvalue weighted by Gasteiger charge is 2.18. The molecule has 0 bridgehead atoms. The molecule has 20 heavy (non-hydrogen) atoms. The van der Waals surface area contributed by atoms with E-state index in [1.54, 1.807) is 46.3 Å². The summed E-state index contributed by atoms with van der Waals surface area (Å²) in [5.41, 5.74) is 0.822. The SMILES string of the molecule is CCOP(=O)(/C=C/c1ccc(OC)c(OC)c1)OCC. The Kier molecular flexibility index (Phi) is 6.79. The minimum Gasteiger partial charge on any atom is -0.493 e. The molecular formula is C14H21O5P. The first-order chi connectivity index (χ1) is 9.58. The molecule has 0 amide bonds. The summed E-state index contributed by atoms with van der Waals surface area (Å²) in [6.07, 6.45) is 1.69. The number of methoxy groups -OCH3 is 2. The van der Waals surface area contributed by atoms with E-state index in [1.165, 1.54) is 5.82 Å². The Labute approximate surface area is 120 Å². The predicted molar refractivity (Wildman–Crippen MR) is 79.4 cm³/mol. The minimum absolute atomic E-state index is 0.327. The van der Waals surface area contributed by atoms with E-state index in [1.807, 2.05) is 6.07 Å². The van der Waals surface area contributed by atoms with Gasteiger partial charge in [-0.1, -0.05) is 6.07 Å². The Bertz CT molecular complexity index is 488. The fourth-order valence-corrected chi connectivity index (χ4v) is 2.94. The molecule has 1 aromatic rings.